The maximum absolute atomic E-state index is 12.2. The van der Waals surface area contributed by atoms with Gasteiger partial charge >= 0.3 is 0 Å². The van der Waals surface area contributed by atoms with Crippen molar-refractivity contribution in [1.82, 2.24) is 0 Å². The molecule has 2 aromatic carbocycles. The summed E-state index contributed by atoms with van der Waals surface area (Å²) in [7, 11) is 0. The second-order valence-electron chi connectivity index (χ2n) is 4.22. The van der Waals surface area contributed by atoms with Crippen LogP contribution in [0, 0.1) is 0 Å². The number of hydrogen-bond acceptors (Lipinski definition) is 5. The second kappa shape index (κ2) is 4.82. The predicted octanol–water partition coefficient (Wildman–Crippen LogP) is 1.20. The van der Waals surface area contributed by atoms with Gasteiger partial charge in [-0.15, -0.1) is 0 Å². The summed E-state index contributed by atoms with van der Waals surface area (Å²) in [6.07, 6.45) is 0. The van der Waals surface area contributed by atoms with Crippen LogP contribution in [0.15, 0.2) is 30.3 Å². The van der Waals surface area contributed by atoms with Crippen LogP contribution < -0.4 is 0 Å². The molecule has 2 aromatic rings. The number of fused-ring (bicyclic) bond motifs is 2. The van der Waals surface area contributed by atoms with Gasteiger partial charge in [-0.1, -0.05) is 24.3 Å². The van der Waals surface area contributed by atoms with Gasteiger partial charge in [-0.3, -0.25) is 9.59 Å². The SMILES string of the molecule is O=C1c2ccccc2C(=O)c2c(O)c(O)cc(O)c21.[Sn]. The Morgan fingerprint density at radius 3 is 1.80 bits per heavy atom. The fourth-order valence-electron chi connectivity index (χ4n) is 2.24. The van der Waals surface area contributed by atoms with Crippen molar-refractivity contribution >= 4 is 35.5 Å². The van der Waals surface area contributed by atoms with Crippen molar-refractivity contribution in [2.75, 3.05) is 0 Å². The van der Waals surface area contributed by atoms with Gasteiger partial charge in [0.2, 0.25) is 0 Å². The Hall–Kier alpha value is -2.02. The summed E-state index contributed by atoms with van der Waals surface area (Å²) < 4.78 is 0. The van der Waals surface area contributed by atoms with Crippen molar-refractivity contribution in [3.05, 3.63) is 52.6 Å². The Bertz CT molecular complexity index is 751. The van der Waals surface area contributed by atoms with Gasteiger partial charge in [0.05, 0.1) is 11.1 Å². The van der Waals surface area contributed by atoms with E-state index in [1.807, 2.05) is 0 Å². The zero-order chi connectivity index (χ0) is 13.7. The minimum absolute atomic E-state index is 0. The number of phenolic OH excluding ortho intramolecular Hbond substituents is 3. The molecule has 1 aliphatic carbocycles. The molecule has 0 aromatic heterocycles. The number of ketones is 2. The molecule has 0 saturated carbocycles. The number of benzene rings is 2. The Morgan fingerprint density at radius 1 is 0.750 bits per heavy atom. The van der Waals surface area contributed by atoms with Crippen LogP contribution in [0.3, 0.4) is 0 Å². The molecule has 0 amide bonds. The summed E-state index contributed by atoms with van der Waals surface area (Å²) in [4.78, 5) is 24.5. The third-order valence-corrected chi connectivity index (χ3v) is 3.13. The molecule has 0 bridgehead atoms. The third-order valence-electron chi connectivity index (χ3n) is 3.13. The Morgan fingerprint density at radius 2 is 1.25 bits per heavy atom. The Balaban J connectivity index is 0.00000147. The zero-order valence-corrected chi connectivity index (χ0v) is 12.9. The quantitative estimate of drug-likeness (QED) is 0.312. The van der Waals surface area contributed by atoms with Crippen molar-refractivity contribution in [3.8, 4) is 17.2 Å². The minimum Gasteiger partial charge on any atom is -0.507 e. The van der Waals surface area contributed by atoms with Crippen LogP contribution in [0.25, 0.3) is 0 Å². The fourth-order valence-corrected chi connectivity index (χ4v) is 2.24. The molecular weight excluding hydrogens is 367 g/mol. The maximum atomic E-state index is 12.2. The topological polar surface area (TPSA) is 94.8 Å². The first-order valence-electron chi connectivity index (χ1n) is 5.48. The van der Waals surface area contributed by atoms with E-state index in [9.17, 15) is 24.9 Å². The summed E-state index contributed by atoms with van der Waals surface area (Å²) in [6.45, 7) is 0. The maximum Gasteiger partial charge on any atom is 0.198 e. The summed E-state index contributed by atoms with van der Waals surface area (Å²) in [5, 5.41) is 28.9. The van der Waals surface area contributed by atoms with Crippen molar-refractivity contribution < 1.29 is 24.9 Å². The van der Waals surface area contributed by atoms with Crippen LogP contribution in [0.4, 0.5) is 0 Å². The number of carbonyl (C=O) groups excluding carboxylic acids is 2. The Kier molecular flexibility index (Phi) is 3.47. The van der Waals surface area contributed by atoms with Gasteiger partial charge in [0.25, 0.3) is 0 Å². The first kappa shape index (κ1) is 14.4. The van der Waals surface area contributed by atoms with E-state index in [2.05, 4.69) is 0 Å². The molecule has 0 saturated heterocycles. The molecule has 0 spiro atoms. The Labute approximate surface area is 130 Å². The van der Waals surface area contributed by atoms with E-state index in [-0.39, 0.29) is 46.2 Å². The molecule has 5 nitrogen and oxygen atoms in total. The van der Waals surface area contributed by atoms with E-state index in [1.165, 1.54) is 12.1 Å². The zero-order valence-electron chi connectivity index (χ0n) is 10.0. The molecule has 0 aliphatic heterocycles. The molecule has 1 aliphatic rings. The molecule has 0 heterocycles. The third kappa shape index (κ3) is 1.77. The average molecular weight is 375 g/mol. The van der Waals surface area contributed by atoms with Gasteiger partial charge in [0, 0.05) is 41.1 Å². The molecule has 98 valence electrons. The van der Waals surface area contributed by atoms with Gasteiger partial charge in [-0.25, -0.2) is 0 Å². The minimum atomic E-state index is -0.694. The van der Waals surface area contributed by atoms with E-state index in [0.717, 1.165) is 6.07 Å². The van der Waals surface area contributed by atoms with Crippen LogP contribution in [-0.2, 0) is 0 Å². The van der Waals surface area contributed by atoms with Gasteiger partial charge < -0.3 is 15.3 Å². The summed E-state index contributed by atoms with van der Waals surface area (Å²) in [6, 6.07) is 6.97. The predicted molar refractivity (Wildman–Crippen MR) is 70.5 cm³/mol. The van der Waals surface area contributed by atoms with E-state index < -0.39 is 28.8 Å². The van der Waals surface area contributed by atoms with Gasteiger partial charge in [-0.2, -0.15) is 0 Å². The average Bonchev–Trinajstić information content (AvgIpc) is 2.40. The van der Waals surface area contributed by atoms with Gasteiger partial charge in [0.1, 0.15) is 5.75 Å². The number of rotatable bonds is 0. The first-order chi connectivity index (χ1) is 9.02. The van der Waals surface area contributed by atoms with Crippen molar-refractivity contribution in [3.63, 3.8) is 0 Å². The molecule has 0 unspecified atom stereocenters. The molecule has 20 heavy (non-hydrogen) atoms. The number of phenols is 3. The van der Waals surface area contributed by atoms with E-state index in [4.69, 9.17) is 0 Å². The molecule has 3 N–H and O–H groups in total. The fraction of sp³-hybridized carbons (Fsp3) is 0. The van der Waals surface area contributed by atoms with Gasteiger partial charge in [0.15, 0.2) is 23.1 Å². The number of aromatic hydroxyl groups is 3. The van der Waals surface area contributed by atoms with Crippen LogP contribution in [-0.4, -0.2) is 50.8 Å². The normalized spacial score (nSPS) is 12.4. The largest absolute Gasteiger partial charge is 0.507 e. The molecule has 0 atom stereocenters. The molecule has 6 heteroatoms. The van der Waals surface area contributed by atoms with Crippen LogP contribution in [0.2, 0.25) is 0 Å². The number of carbonyl (C=O) groups is 2. The van der Waals surface area contributed by atoms with Crippen molar-refractivity contribution in [1.29, 1.82) is 0 Å². The monoisotopic (exact) mass is 376 g/mol. The first-order valence-corrected chi connectivity index (χ1v) is 5.48. The van der Waals surface area contributed by atoms with Gasteiger partial charge in [-0.05, 0) is 0 Å². The molecule has 4 radical (unpaired) electrons. The van der Waals surface area contributed by atoms with E-state index >= 15 is 0 Å². The van der Waals surface area contributed by atoms with Crippen LogP contribution in [0.5, 0.6) is 17.2 Å². The van der Waals surface area contributed by atoms with Crippen LogP contribution in [0.1, 0.15) is 31.8 Å². The summed E-state index contributed by atoms with van der Waals surface area (Å²) in [5.74, 6) is -3.03. The summed E-state index contributed by atoms with van der Waals surface area (Å²) in [5.41, 5.74) is -0.333. The van der Waals surface area contributed by atoms with E-state index in [0.29, 0.717) is 0 Å². The summed E-state index contributed by atoms with van der Waals surface area (Å²) >= 11 is 0. The van der Waals surface area contributed by atoms with Crippen molar-refractivity contribution in [2.24, 2.45) is 0 Å². The van der Waals surface area contributed by atoms with Crippen LogP contribution >= 0.6 is 0 Å². The molecule has 3 rings (SSSR count). The number of hydrogen-bond donors (Lipinski definition) is 3. The second-order valence-corrected chi connectivity index (χ2v) is 4.22. The van der Waals surface area contributed by atoms with Crippen molar-refractivity contribution in [2.45, 2.75) is 0 Å². The molecular formula is C14H8O5Sn. The smallest absolute Gasteiger partial charge is 0.198 e. The van der Waals surface area contributed by atoms with E-state index in [1.54, 1.807) is 12.1 Å². The standard InChI is InChI=1S/C14H8O5.Sn/c15-8-5-9(16)14(19)11-10(8)12(17)6-3-1-2-4-7(6)13(11)18;/h1-5,15-16,19H;. The molecule has 0 fully saturated rings.